The SMILES string of the molecule is CC1(C)c2ccccc2-c2ccc(-c3cccc4c3oc3c(-c5cccc(-c6cccc(-c7cccc(-c8ccc9c(c8)sc8ccccc89)c7)c6)c5)ncnc34)cc21. The van der Waals surface area contributed by atoms with Crippen molar-refractivity contribution in [3.05, 3.63) is 193 Å². The lowest BCUT2D eigenvalue weighted by Crippen LogP contribution is -2.14. The molecule has 59 heavy (non-hydrogen) atoms. The van der Waals surface area contributed by atoms with Crippen LogP contribution in [-0.4, -0.2) is 9.97 Å². The standard InChI is InChI=1S/C55H36N2OS/c1-55(2)47-21-5-3-17-42(47)43-25-24-39(30-48(43)55)41-19-10-20-46-52-54(58-53(41)46)51(56-32-57-52)40-16-9-15-37(29-40)35-13-7-11-33(27-35)34-12-8-14-36(28-34)38-23-26-45-44-18-4-6-22-49(44)59-50(45)31-38/h3-32H,1-2H3. The van der Waals surface area contributed by atoms with E-state index in [0.717, 1.165) is 50.0 Å². The second-order valence-corrected chi connectivity index (χ2v) is 17.3. The van der Waals surface area contributed by atoms with Gasteiger partial charge in [-0.25, -0.2) is 9.97 Å². The molecule has 0 aliphatic heterocycles. The molecule has 278 valence electrons. The Kier molecular flexibility index (Phi) is 7.44. The highest BCUT2D eigenvalue weighted by Gasteiger charge is 2.35. The summed E-state index contributed by atoms with van der Waals surface area (Å²) < 4.78 is 9.48. The van der Waals surface area contributed by atoms with E-state index in [4.69, 9.17) is 14.4 Å². The molecule has 4 heteroatoms. The normalized spacial score (nSPS) is 13.1. The van der Waals surface area contributed by atoms with Gasteiger partial charge in [-0.05, 0) is 104 Å². The van der Waals surface area contributed by atoms with Crippen LogP contribution >= 0.6 is 11.3 Å². The molecule has 3 nitrogen and oxygen atoms in total. The lowest BCUT2D eigenvalue weighted by atomic mass is 9.81. The van der Waals surface area contributed by atoms with E-state index >= 15 is 0 Å². The molecule has 0 amide bonds. The van der Waals surface area contributed by atoms with E-state index in [9.17, 15) is 0 Å². The summed E-state index contributed by atoms with van der Waals surface area (Å²) in [5, 5.41) is 3.63. The Morgan fingerprint density at radius 2 is 0.983 bits per heavy atom. The fourth-order valence-corrected chi connectivity index (χ4v) is 10.6. The summed E-state index contributed by atoms with van der Waals surface area (Å²) in [6.45, 7) is 4.64. The molecule has 1 aliphatic rings. The largest absolute Gasteiger partial charge is 0.451 e. The number of aromatic nitrogens is 2. The molecule has 0 unspecified atom stereocenters. The smallest absolute Gasteiger partial charge is 0.180 e. The van der Waals surface area contributed by atoms with Gasteiger partial charge in [0, 0.05) is 42.1 Å². The van der Waals surface area contributed by atoms with E-state index in [1.165, 1.54) is 64.7 Å². The first-order chi connectivity index (χ1) is 29.0. The molecule has 11 aromatic rings. The zero-order valence-electron chi connectivity index (χ0n) is 32.5. The van der Waals surface area contributed by atoms with Gasteiger partial charge in [-0.3, -0.25) is 0 Å². The van der Waals surface area contributed by atoms with Gasteiger partial charge in [0.15, 0.2) is 5.58 Å². The Bertz CT molecular complexity index is 3500. The van der Waals surface area contributed by atoms with Crippen LogP contribution in [0.15, 0.2) is 187 Å². The molecular formula is C55H36N2OS. The average Bonchev–Trinajstić information content (AvgIpc) is 3.94. The number of rotatable bonds is 5. The van der Waals surface area contributed by atoms with Crippen LogP contribution in [0.3, 0.4) is 0 Å². The molecule has 0 spiro atoms. The predicted molar refractivity (Wildman–Crippen MR) is 247 cm³/mol. The molecular weight excluding hydrogens is 737 g/mol. The Balaban J connectivity index is 0.895. The summed E-state index contributed by atoms with van der Waals surface area (Å²) >= 11 is 1.86. The minimum absolute atomic E-state index is 0.0906. The lowest BCUT2D eigenvalue weighted by Gasteiger charge is -2.22. The first kappa shape index (κ1) is 33.9. The first-order valence-corrected chi connectivity index (χ1v) is 20.9. The second kappa shape index (κ2) is 12.9. The summed E-state index contributed by atoms with van der Waals surface area (Å²) in [5.41, 5.74) is 18.6. The van der Waals surface area contributed by atoms with E-state index in [1.807, 2.05) is 11.3 Å². The highest BCUT2D eigenvalue weighted by molar-refractivity contribution is 7.25. The van der Waals surface area contributed by atoms with E-state index in [1.54, 1.807) is 6.33 Å². The quantitative estimate of drug-likeness (QED) is 0.175. The highest BCUT2D eigenvalue weighted by atomic mass is 32.1. The third-order valence-corrected chi connectivity index (χ3v) is 13.5. The first-order valence-electron chi connectivity index (χ1n) is 20.1. The van der Waals surface area contributed by atoms with Crippen LogP contribution < -0.4 is 0 Å². The van der Waals surface area contributed by atoms with Crippen molar-refractivity contribution in [2.75, 3.05) is 0 Å². The zero-order chi connectivity index (χ0) is 39.2. The van der Waals surface area contributed by atoms with Crippen LogP contribution in [0.1, 0.15) is 25.0 Å². The van der Waals surface area contributed by atoms with Crippen LogP contribution in [-0.2, 0) is 5.41 Å². The monoisotopic (exact) mass is 772 g/mol. The predicted octanol–water partition coefficient (Wildman–Crippen LogP) is 15.4. The molecule has 8 aromatic carbocycles. The fourth-order valence-electron chi connectivity index (χ4n) is 9.41. The third-order valence-electron chi connectivity index (χ3n) is 12.4. The molecule has 0 saturated carbocycles. The van der Waals surface area contributed by atoms with Crippen molar-refractivity contribution in [3.63, 3.8) is 0 Å². The van der Waals surface area contributed by atoms with Crippen molar-refractivity contribution in [1.82, 2.24) is 9.97 Å². The van der Waals surface area contributed by atoms with Crippen LogP contribution in [0.4, 0.5) is 0 Å². The van der Waals surface area contributed by atoms with E-state index in [0.29, 0.717) is 5.58 Å². The second-order valence-electron chi connectivity index (χ2n) is 16.2. The summed E-state index contributed by atoms with van der Waals surface area (Å²) in [5.74, 6) is 0. The molecule has 0 fully saturated rings. The summed E-state index contributed by atoms with van der Waals surface area (Å²) in [6, 6.07) is 63.8. The van der Waals surface area contributed by atoms with Crippen LogP contribution in [0.2, 0.25) is 0 Å². The Morgan fingerprint density at radius 1 is 0.407 bits per heavy atom. The molecule has 0 radical (unpaired) electrons. The van der Waals surface area contributed by atoms with Crippen LogP contribution in [0.25, 0.3) is 109 Å². The van der Waals surface area contributed by atoms with Crippen molar-refractivity contribution in [2.45, 2.75) is 19.3 Å². The van der Waals surface area contributed by atoms with Crippen molar-refractivity contribution in [3.8, 4) is 66.9 Å². The molecule has 0 atom stereocenters. The van der Waals surface area contributed by atoms with Gasteiger partial charge in [-0.2, -0.15) is 0 Å². The molecule has 12 rings (SSSR count). The highest BCUT2D eigenvalue weighted by Crippen LogP contribution is 2.50. The van der Waals surface area contributed by atoms with Crippen molar-refractivity contribution in [1.29, 1.82) is 0 Å². The minimum atomic E-state index is -0.0906. The zero-order valence-corrected chi connectivity index (χ0v) is 33.3. The van der Waals surface area contributed by atoms with Gasteiger partial charge in [-0.1, -0.05) is 147 Å². The van der Waals surface area contributed by atoms with Gasteiger partial charge in [0.25, 0.3) is 0 Å². The summed E-state index contributed by atoms with van der Waals surface area (Å²) in [4.78, 5) is 9.60. The van der Waals surface area contributed by atoms with E-state index < -0.39 is 0 Å². The van der Waals surface area contributed by atoms with Gasteiger partial charge in [-0.15, -0.1) is 11.3 Å². The Hall–Kier alpha value is -7.14. The number of para-hydroxylation sites is 1. The molecule has 0 bridgehead atoms. The fraction of sp³-hybridized carbons (Fsp3) is 0.0545. The van der Waals surface area contributed by atoms with Gasteiger partial charge >= 0.3 is 0 Å². The number of furan rings is 1. The van der Waals surface area contributed by atoms with E-state index in [-0.39, 0.29) is 5.41 Å². The number of hydrogen-bond acceptors (Lipinski definition) is 4. The molecule has 3 aromatic heterocycles. The van der Waals surface area contributed by atoms with Crippen LogP contribution in [0.5, 0.6) is 0 Å². The maximum absolute atomic E-state index is 6.84. The Morgan fingerprint density at radius 3 is 1.76 bits per heavy atom. The molecule has 0 saturated heterocycles. The number of hydrogen-bond donors (Lipinski definition) is 0. The number of benzene rings is 8. The van der Waals surface area contributed by atoms with Crippen molar-refractivity contribution >= 4 is 53.6 Å². The van der Waals surface area contributed by atoms with Gasteiger partial charge in [0.2, 0.25) is 0 Å². The van der Waals surface area contributed by atoms with E-state index in [2.05, 4.69) is 190 Å². The van der Waals surface area contributed by atoms with Crippen molar-refractivity contribution < 1.29 is 4.42 Å². The van der Waals surface area contributed by atoms with Gasteiger partial charge in [0.05, 0.1) is 0 Å². The third kappa shape index (κ3) is 5.34. The molecule has 3 heterocycles. The minimum Gasteiger partial charge on any atom is -0.451 e. The van der Waals surface area contributed by atoms with Crippen LogP contribution in [0, 0.1) is 0 Å². The maximum Gasteiger partial charge on any atom is 0.180 e. The number of fused-ring (bicyclic) bond motifs is 9. The van der Waals surface area contributed by atoms with Gasteiger partial charge < -0.3 is 4.42 Å². The lowest BCUT2D eigenvalue weighted by molar-refractivity contribution is 0.660. The maximum atomic E-state index is 6.84. The number of nitrogens with zero attached hydrogens (tertiary/aromatic N) is 2. The van der Waals surface area contributed by atoms with Gasteiger partial charge in [0.1, 0.15) is 23.1 Å². The average molecular weight is 773 g/mol. The number of thiophene rings is 1. The van der Waals surface area contributed by atoms with Crippen molar-refractivity contribution in [2.24, 2.45) is 0 Å². The topological polar surface area (TPSA) is 38.9 Å². The molecule has 0 N–H and O–H groups in total. The Labute approximate surface area is 345 Å². The summed E-state index contributed by atoms with van der Waals surface area (Å²) in [7, 11) is 0. The molecule has 1 aliphatic carbocycles. The summed E-state index contributed by atoms with van der Waals surface area (Å²) in [6.07, 6.45) is 1.66.